The predicted octanol–water partition coefficient (Wildman–Crippen LogP) is 8.40. The molecule has 7 rings (SSSR count). The molecule has 0 saturated carbocycles. The van der Waals surface area contributed by atoms with Crippen LogP contribution in [0.1, 0.15) is 13.8 Å². The number of ether oxygens (including phenoxy) is 1. The van der Waals surface area contributed by atoms with Crippen molar-refractivity contribution in [2.45, 2.75) is 13.8 Å². The first kappa shape index (κ1) is 27.7. The van der Waals surface area contributed by atoms with Crippen LogP contribution in [0.3, 0.4) is 0 Å². The van der Waals surface area contributed by atoms with Crippen molar-refractivity contribution < 1.29 is 30.4 Å². The van der Waals surface area contributed by atoms with E-state index in [9.17, 15) is 0 Å². The molecule has 0 atom stereocenters. The number of rotatable bonds is 5. The molecule has 1 aromatic heterocycles. The summed E-state index contributed by atoms with van der Waals surface area (Å²) < 4.78 is 10.5. The summed E-state index contributed by atoms with van der Waals surface area (Å²) >= 11 is 0. The Morgan fingerprint density at radius 2 is 1.60 bits per heavy atom. The molecule has 210 valence electrons. The van der Waals surface area contributed by atoms with Gasteiger partial charge in [0.25, 0.3) is 0 Å². The minimum Gasteiger partial charge on any atom is -0.510 e. The van der Waals surface area contributed by atoms with Crippen molar-refractivity contribution in [3.05, 3.63) is 133 Å². The number of nitrogens with zero attached hydrogens (tertiary/aromatic N) is 4. The van der Waals surface area contributed by atoms with Gasteiger partial charge in [-0.1, -0.05) is 73.5 Å². The van der Waals surface area contributed by atoms with Crippen molar-refractivity contribution >= 4 is 45.6 Å². The number of anilines is 3. The van der Waals surface area contributed by atoms with Crippen LogP contribution >= 0.6 is 0 Å². The van der Waals surface area contributed by atoms with E-state index in [4.69, 9.17) is 4.74 Å². The van der Waals surface area contributed by atoms with Crippen molar-refractivity contribution in [2.75, 3.05) is 16.8 Å². The molecule has 0 fully saturated rings. The van der Waals surface area contributed by atoms with Gasteiger partial charge in [0.05, 0.1) is 16.9 Å². The third-order valence-corrected chi connectivity index (χ3v) is 7.83. The van der Waals surface area contributed by atoms with Crippen LogP contribution in [0.15, 0.2) is 115 Å². The topological polar surface area (TPSA) is 23.6 Å². The molecule has 3 heterocycles. The first-order valence-corrected chi connectivity index (χ1v) is 13.7. The van der Waals surface area contributed by atoms with Gasteiger partial charge in [0.2, 0.25) is 6.17 Å². The molecule has 0 bridgehead atoms. The molecule has 0 aliphatic carbocycles. The Bertz CT molecular complexity index is 1930. The average Bonchev–Trinajstić information content (AvgIpc) is 3.44. The fourth-order valence-corrected chi connectivity index (χ4v) is 5.63. The van der Waals surface area contributed by atoms with Crippen molar-refractivity contribution in [2.24, 2.45) is 5.92 Å². The van der Waals surface area contributed by atoms with Gasteiger partial charge in [0.1, 0.15) is 5.82 Å². The van der Waals surface area contributed by atoms with Crippen LogP contribution in [-0.4, -0.2) is 22.9 Å². The van der Waals surface area contributed by atoms with Crippen LogP contribution in [0.4, 0.5) is 17.1 Å². The summed E-state index contributed by atoms with van der Waals surface area (Å²) in [5, 5.41) is 2.26. The fourth-order valence-electron chi connectivity index (χ4n) is 5.63. The summed E-state index contributed by atoms with van der Waals surface area (Å²) in [6.45, 7) is 13.0. The van der Waals surface area contributed by atoms with Crippen molar-refractivity contribution in [3.63, 3.8) is 0 Å². The number of hydrogen-bond acceptors (Lipinski definition) is 3. The normalized spacial score (nSPS) is 14.6. The van der Waals surface area contributed by atoms with Gasteiger partial charge >= 0.3 is 21.1 Å². The van der Waals surface area contributed by atoms with Gasteiger partial charge in [-0.05, 0) is 35.7 Å². The van der Waals surface area contributed by atoms with Crippen LogP contribution in [-0.2, 0) is 21.1 Å². The van der Waals surface area contributed by atoms with Crippen molar-refractivity contribution in [1.82, 2.24) is 4.57 Å². The van der Waals surface area contributed by atoms with Crippen LogP contribution in [0.5, 0.6) is 11.5 Å². The Morgan fingerprint density at radius 3 is 2.40 bits per heavy atom. The second-order valence-electron chi connectivity index (χ2n) is 10.7. The van der Waals surface area contributed by atoms with Crippen LogP contribution in [0, 0.1) is 24.2 Å². The summed E-state index contributed by atoms with van der Waals surface area (Å²) in [5.41, 5.74) is 6.31. The Labute approximate surface area is 261 Å². The molecular weight excluding hydrogens is 700 g/mol. The smallest absolute Gasteiger partial charge is 0.510 e. The van der Waals surface area contributed by atoms with E-state index in [1.807, 2.05) is 54.2 Å². The number of fused-ring (bicyclic) bond motifs is 4. The van der Waals surface area contributed by atoms with E-state index in [1.54, 1.807) is 0 Å². The summed E-state index contributed by atoms with van der Waals surface area (Å²) in [6, 6.07) is 33.7. The van der Waals surface area contributed by atoms with Crippen LogP contribution < -0.4 is 14.5 Å². The minimum absolute atomic E-state index is 0. The van der Waals surface area contributed by atoms with Crippen molar-refractivity contribution in [3.8, 4) is 11.5 Å². The van der Waals surface area contributed by atoms with E-state index in [1.165, 1.54) is 5.57 Å². The first-order chi connectivity index (χ1) is 19.9. The summed E-state index contributed by atoms with van der Waals surface area (Å²) in [7, 11) is 2.02. The molecule has 5 aromatic rings. The van der Waals surface area contributed by atoms with E-state index >= 15 is 0 Å². The Hall–Kier alpha value is -4.47. The third kappa shape index (κ3) is 4.45. The predicted molar refractivity (Wildman–Crippen MR) is 168 cm³/mol. The monoisotopic (exact) mass is 729 g/mol. The molecule has 6 heteroatoms. The number of allylic oxidation sites excluding steroid dienone is 2. The number of benzene rings is 4. The van der Waals surface area contributed by atoms with Gasteiger partial charge in [-0.15, -0.1) is 35.7 Å². The van der Waals surface area contributed by atoms with E-state index < -0.39 is 0 Å². The van der Waals surface area contributed by atoms with E-state index in [-0.39, 0.29) is 21.1 Å². The maximum absolute atomic E-state index is 6.40. The maximum atomic E-state index is 6.40. The molecule has 0 radical (unpaired) electrons. The average molecular weight is 730 g/mol. The third-order valence-electron chi connectivity index (χ3n) is 7.83. The zero-order valence-corrected chi connectivity index (χ0v) is 26.0. The second kappa shape index (κ2) is 10.7. The van der Waals surface area contributed by atoms with Crippen LogP contribution in [0.25, 0.3) is 21.8 Å². The molecule has 2 aliphatic rings. The molecule has 2 aliphatic heterocycles. The molecule has 5 nitrogen and oxygen atoms in total. The molecule has 0 spiro atoms. The summed E-state index contributed by atoms with van der Waals surface area (Å²) in [6.07, 6.45) is 7.33. The molecule has 0 unspecified atom stereocenters. The van der Waals surface area contributed by atoms with E-state index in [0.717, 1.165) is 50.9 Å². The number of hydrogen-bond donors (Lipinski definition) is 0. The number of aromatic nitrogens is 1. The van der Waals surface area contributed by atoms with Gasteiger partial charge in [-0.25, -0.2) is 0 Å². The molecule has 4 aromatic carbocycles. The molecule has 42 heavy (non-hydrogen) atoms. The Morgan fingerprint density at radius 1 is 0.857 bits per heavy atom. The fraction of sp³-hybridized carbons (Fsp3) is 0.111. The van der Waals surface area contributed by atoms with E-state index in [0.29, 0.717) is 17.4 Å². The van der Waals surface area contributed by atoms with Gasteiger partial charge in [0, 0.05) is 31.5 Å². The van der Waals surface area contributed by atoms with Crippen LogP contribution in [0.2, 0.25) is 0 Å². The standard InChI is InChI=1S/C36H30N4O.Pt/c1-24(2)26-19-20-37(4)36(21-26)40-32-14-7-6-13-30(32)31-18-17-29(23-35(31)40)41-28-12-10-11-27(22-28)39-25(3)38(5)33-15-8-9-16-34(33)39;/h6-21,24H,3-4H2,1-2,5H3;/q-2;+2. The van der Waals surface area contributed by atoms with Crippen molar-refractivity contribution in [1.29, 1.82) is 0 Å². The quantitative estimate of drug-likeness (QED) is 0.134. The molecule has 0 amide bonds. The maximum Gasteiger partial charge on any atom is 2.00 e. The second-order valence-corrected chi connectivity index (χ2v) is 10.7. The van der Waals surface area contributed by atoms with Gasteiger partial charge in [0.15, 0.2) is 0 Å². The summed E-state index contributed by atoms with van der Waals surface area (Å²) in [4.78, 5) is 4.18. The minimum atomic E-state index is 0. The Balaban J connectivity index is 0.00000316. The number of para-hydroxylation sites is 3. The zero-order chi connectivity index (χ0) is 28.2. The van der Waals surface area contributed by atoms with Gasteiger partial charge in [-0.3, -0.25) is 9.14 Å². The summed E-state index contributed by atoms with van der Waals surface area (Å²) in [5.74, 6) is 2.48. The SMILES string of the molecule is C=C1N(C)c2ccccc2N1c1[c-]c(Oc2[c-]c3c(cc2)c2ccccc2n3[C-]2C=C(C(C)C)C=C[N+]2=C)ccc1.[Pt+2]. The Kier molecular flexibility index (Phi) is 7.08. The van der Waals surface area contributed by atoms with E-state index in [2.05, 4.69) is 108 Å². The molecule has 0 saturated heterocycles. The van der Waals surface area contributed by atoms with Gasteiger partial charge in [-0.2, -0.15) is 12.1 Å². The largest absolute Gasteiger partial charge is 2.00 e. The zero-order valence-electron chi connectivity index (χ0n) is 23.7. The van der Waals surface area contributed by atoms with Gasteiger partial charge < -0.3 is 14.5 Å². The first-order valence-electron chi connectivity index (χ1n) is 13.7. The molecule has 0 N–H and O–H groups in total. The molecular formula is C36H30N4OPt.